The fourth-order valence-corrected chi connectivity index (χ4v) is 2.78. The number of halogens is 1. The molecule has 0 saturated carbocycles. The van der Waals surface area contributed by atoms with Gasteiger partial charge in [0.25, 0.3) is 0 Å². The van der Waals surface area contributed by atoms with Gasteiger partial charge in [0.05, 0.1) is 0 Å². The molecule has 0 fully saturated rings. The van der Waals surface area contributed by atoms with E-state index in [1.54, 1.807) is 0 Å². The van der Waals surface area contributed by atoms with Crippen LogP contribution in [0.5, 0.6) is 0 Å². The second kappa shape index (κ2) is 5.29. The summed E-state index contributed by atoms with van der Waals surface area (Å²) in [5, 5.41) is 0.795. The first kappa shape index (κ1) is 12.6. The van der Waals surface area contributed by atoms with Crippen molar-refractivity contribution in [2.75, 3.05) is 11.4 Å². The number of benzene rings is 1. The molecule has 0 radical (unpaired) electrons. The maximum absolute atomic E-state index is 4.48. The second-order valence-electron chi connectivity index (χ2n) is 4.91. The number of rotatable bonds is 2. The lowest BCUT2D eigenvalue weighted by Crippen LogP contribution is -2.26. The molecule has 1 aliphatic heterocycles. The Balaban J connectivity index is 1.98. The van der Waals surface area contributed by atoms with Gasteiger partial charge >= 0.3 is 0 Å². The van der Waals surface area contributed by atoms with Crippen LogP contribution in [0.3, 0.4) is 0 Å². The van der Waals surface area contributed by atoms with E-state index in [1.807, 2.05) is 12.4 Å². The van der Waals surface area contributed by atoms with Gasteiger partial charge in [-0.1, -0.05) is 33.6 Å². The van der Waals surface area contributed by atoms with E-state index in [1.165, 1.54) is 16.8 Å². The van der Waals surface area contributed by atoms with Gasteiger partial charge in [-0.05, 0) is 37.0 Å². The van der Waals surface area contributed by atoms with E-state index in [0.29, 0.717) is 0 Å². The molecule has 0 saturated heterocycles. The highest BCUT2D eigenvalue weighted by atomic mass is 79.9. The molecular weight excluding hydrogens is 302 g/mol. The van der Waals surface area contributed by atoms with Crippen molar-refractivity contribution in [3.8, 4) is 0 Å². The zero-order valence-corrected chi connectivity index (χ0v) is 12.5. The fraction of sp³-hybridized carbons (Fsp3) is 0.333. The van der Waals surface area contributed by atoms with Crippen LogP contribution >= 0.6 is 15.9 Å². The summed E-state index contributed by atoms with van der Waals surface area (Å²) in [6.45, 7) is 3.13. The molecule has 1 aromatic heterocycles. The Bertz CT molecular complexity index is 580. The van der Waals surface area contributed by atoms with Crippen molar-refractivity contribution in [1.82, 2.24) is 9.97 Å². The van der Waals surface area contributed by atoms with Crippen molar-refractivity contribution in [2.45, 2.75) is 25.1 Å². The molecule has 0 unspecified atom stereocenters. The van der Waals surface area contributed by atoms with Gasteiger partial charge in [0.1, 0.15) is 0 Å². The van der Waals surface area contributed by atoms with Gasteiger partial charge in [0.2, 0.25) is 5.95 Å². The third-order valence-corrected chi connectivity index (χ3v) is 4.09. The zero-order valence-electron chi connectivity index (χ0n) is 10.9. The van der Waals surface area contributed by atoms with E-state index >= 15 is 0 Å². The minimum absolute atomic E-state index is 0.795. The Hall–Kier alpha value is -1.42. The summed E-state index contributed by atoms with van der Waals surface area (Å²) >= 11 is 3.42. The molecule has 3 nitrogen and oxygen atoms in total. The Morgan fingerprint density at radius 1 is 1.26 bits per heavy atom. The standard InChI is InChI=1S/C15H16BrN3/c1-11-4-5-14-13(7-11)3-2-6-19(14)15-17-9-12(8-16)10-18-15/h4-5,7,9-10H,2-3,6,8H2,1H3. The summed E-state index contributed by atoms with van der Waals surface area (Å²) in [6, 6.07) is 6.62. The predicted molar refractivity (Wildman–Crippen MR) is 81.2 cm³/mol. The maximum atomic E-state index is 4.48. The van der Waals surface area contributed by atoms with Gasteiger partial charge in [-0.25, -0.2) is 9.97 Å². The summed E-state index contributed by atoms with van der Waals surface area (Å²) in [6.07, 6.45) is 6.08. The third kappa shape index (κ3) is 2.50. The lowest BCUT2D eigenvalue weighted by atomic mass is 10.00. The third-order valence-electron chi connectivity index (χ3n) is 3.44. The molecule has 0 N–H and O–H groups in total. The minimum Gasteiger partial charge on any atom is -0.310 e. The van der Waals surface area contributed by atoms with Crippen molar-refractivity contribution in [2.24, 2.45) is 0 Å². The van der Waals surface area contributed by atoms with E-state index in [-0.39, 0.29) is 0 Å². The van der Waals surface area contributed by atoms with E-state index in [2.05, 4.69) is 55.9 Å². The summed E-state index contributed by atoms with van der Waals surface area (Å²) in [7, 11) is 0. The van der Waals surface area contributed by atoms with Crippen LogP contribution in [0.15, 0.2) is 30.6 Å². The Morgan fingerprint density at radius 3 is 2.79 bits per heavy atom. The number of aryl methyl sites for hydroxylation is 2. The van der Waals surface area contributed by atoms with Crippen LogP contribution in [0.25, 0.3) is 0 Å². The van der Waals surface area contributed by atoms with Crippen LogP contribution < -0.4 is 4.90 Å². The van der Waals surface area contributed by atoms with E-state index in [4.69, 9.17) is 0 Å². The van der Waals surface area contributed by atoms with Crippen LogP contribution in [0.2, 0.25) is 0 Å². The smallest absolute Gasteiger partial charge is 0.229 e. The van der Waals surface area contributed by atoms with Crippen molar-refractivity contribution in [3.05, 3.63) is 47.3 Å². The van der Waals surface area contributed by atoms with E-state index in [9.17, 15) is 0 Å². The van der Waals surface area contributed by atoms with E-state index in [0.717, 1.165) is 36.2 Å². The quantitative estimate of drug-likeness (QED) is 0.790. The molecule has 1 aliphatic rings. The highest BCUT2D eigenvalue weighted by molar-refractivity contribution is 9.08. The van der Waals surface area contributed by atoms with Crippen LogP contribution in [-0.4, -0.2) is 16.5 Å². The number of aromatic nitrogens is 2. The Labute approximate surface area is 121 Å². The number of hydrogen-bond donors (Lipinski definition) is 0. The molecule has 0 aliphatic carbocycles. The van der Waals surface area contributed by atoms with E-state index < -0.39 is 0 Å². The summed E-state index contributed by atoms with van der Waals surface area (Å²) in [5.74, 6) is 0.800. The van der Waals surface area contributed by atoms with Gasteiger partial charge in [-0.3, -0.25) is 0 Å². The van der Waals surface area contributed by atoms with Gasteiger partial charge in [0, 0.05) is 30.0 Å². The first-order valence-corrected chi connectivity index (χ1v) is 7.64. The molecule has 98 valence electrons. The first-order valence-electron chi connectivity index (χ1n) is 6.52. The average molecular weight is 318 g/mol. The average Bonchev–Trinajstić information content (AvgIpc) is 2.46. The first-order chi connectivity index (χ1) is 9.28. The monoisotopic (exact) mass is 317 g/mol. The number of anilines is 2. The molecule has 2 aromatic rings. The minimum atomic E-state index is 0.795. The van der Waals surface area contributed by atoms with Crippen molar-refractivity contribution >= 4 is 27.6 Å². The number of nitrogens with zero attached hydrogens (tertiary/aromatic N) is 3. The molecule has 0 spiro atoms. The summed E-state index contributed by atoms with van der Waals surface area (Å²) in [5.41, 5.74) is 5.07. The summed E-state index contributed by atoms with van der Waals surface area (Å²) in [4.78, 5) is 11.2. The van der Waals surface area contributed by atoms with Crippen molar-refractivity contribution in [1.29, 1.82) is 0 Å². The second-order valence-corrected chi connectivity index (χ2v) is 5.47. The molecule has 1 aromatic carbocycles. The van der Waals surface area contributed by atoms with Gasteiger partial charge in [-0.2, -0.15) is 0 Å². The molecule has 2 heterocycles. The van der Waals surface area contributed by atoms with Crippen molar-refractivity contribution < 1.29 is 0 Å². The zero-order chi connectivity index (χ0) is 13.2. The molecule has 3 rings (SSSR count). The number of hydrogen-bond acceptors (Lipinski definition) is 3. The normalized spacial score (nSPS) is 14.3. The highest BCUT2D eigenvalue weighted by Gasteiger charge is 2.19. The Morgan fingerprint density at radius 2 is 2.05 bits per heavy atom. The highest BCUT2D eigenvalue weighted by Crippen LogP contribution is 2.31. The predicted octanol–water partition coefficient (Wildman–Crippen LogP) is 3.76. The molecule has 19 heavy (non-hydrogen) atoms. The molecule has 0 bridgehead atoms. The molecule has 4 heteroatoms. The SMILES string of the molecule is Cc1ccc2c(c1)CCCN2c1ncc(CBr)cn1. The molecule has 0 atom stereocenters. The van der Waals surface area contributed by atoms with Gasteiger partial charge in [0.15, 0.2) is 0 Å². The van der Waals surface area contributed by atoms with Crippen LogP contribution in [0, 0.1) is 6.92 Å². The van der Waals surface area contributed by atoms with Gasteiger partial charge < -0.3 is 4.90 Å². The molecule has 0 amide bonds. The van der Waals surface area contributed by atoms with Crippen LogP contribution in [-0.2, 0) is 11.8 Å². The number of alkyl halides is 1. The van der Waals surface area contributed by atoms with Crippen molar-refractivity contribution in [3.63, 3.8) is 0 Å². The van der Waals surface area contributed by atoms with Crippen LogP contribution in [0.4, 0.5) is 11.6 Å². The fourth-order valence-electron chi connectivity index (χ4n) is 2.49. The lowest BCUT2D eigenvalue weighted by Gasteiger charge is -2.29. The lowest BCUT2D eigenvalue weighted by molar-refractivity contribution is 0.749. The van der Waals surface area contributed by atoms with Crippen LogP contribution in [0.1, 0.15) is 23.1 Å². The summed E-state index contributed by atoms with van der Waals surface area (Å²) < 4.78 is 0. The van der Waals surface area contributed by atoms with Gasteiger partial charge in [-0.15, -0.1) is 0 Å². The maximum Gasteiger partial charge on any atom is 0.229 e. The Kier molecular flexibility index (Phi) is 3.51. The topological polar surface area (TPSA) is 29.0 Å². The number of fused-ring (bicyclic) bond motifs is 1. The largest absolute Gasteiger partial charge is 0.310 e. The molecular formula is C15H16BrN3.